The fraction of sp³-hybridized carbons (Fsp3) is 0.368. The zero-order chi connectivity index (χ0) is 19.8. The van der Waals surface area contributed by atoms with Gasteiger partial charge in [-0.3, -0.25) is 9.48 Å². The molecule has 1 aromatic carbocycles. The fourth-order valence-corrected chi connectivity index (χ4v) is 3.21. The molecule has 1 aliphatic rings. The number of aromatic nitrogens is 2. The molecule has 1 saturated carbocycles. The second-order valence-corrected chi connectivity index (χ2v) is 6.85. The molecule has 0 aliphatic heterocycles. The summed E-state index contributed by atoms with van der Waals surface area (Å²) in [5.41, 5.74) is -0.658. The van der Waals surface area contributed by atoms with Gasteiger partial charge in [-0.1, -0.05) is 6.58 Å². The number of aryl methyl sites for hydroxylation is 1. The molecule has 27 heavy (non-hydrogen) atoms. The molecular formula is C19H19F4N3O. The maximum atomic E-state index is 13.8. The predicted molar refractivity (Wildman–Crippen MR) is 91.1 cm³/mol. The van der Waals surface area contributed by atoms with E-state index in [1.807, 2.05) is 0 Å². The van der Waals surface area contributed by atoms with Gasteiger partial charge >= 0.3 is 6.18 Å². The number of nitrogens with zero attached hydrogens (tertiary/aromatic N) is 3. The van der Waals surface area contributed by atoms with Crippen molar-refractivity contribution in [1.29, 1.82) is 0 Å². The number of benzene rings is 1. The van der Waals surface area contributed by atoms with Crippen molar-refractivity contribution >= 4 is 5.91 Å². The van der Waals surface area contributed by atoms with Crippen LogP contribution < -0.4 is 0 Å². The van der Waals surface area contributed by atoms with Gasteiger partial charge in [0.05, 0.1) is 17.8 Å². The molecular weight excluding hydrogens is 362 g/mol. The van der Waals surface area contributed by atoms with Crippen molar-refractivity contribution in [3.63, 3.8) is 0 Å². The molecule has 2 aromatic rings. The van der Waals surface area contributed by atoms with Crippen molar-refractivity contribution in [3.05, 3.63) is 65.8 Å². The molecule has 0 bridgehead atoms. The van der Waals surface area contributed by atoms with Gasteiger partial charge in [-0.2, -0.15) is 18.3 Å². The van der Waals surface area contributed by atoms with E-state index in [0.717, 1.165) is 17.8 Å². The molecule has 0 unspecified atom stereocenters. The fourth-order valence-electron chi connectivity index (χ4n) is 3.21. The lowest BCUT2D eigenvalue weighted by Crippen LogP contribution is -2.36. The smallest absolute Gasteiger partial charge is 0.332 e. The molecule has 4 nitrogen and oxygen atoms in total. The molecule has 0 N–H and O–H groups in total. The minimum Gasteiger partial charge on any atom is -0.332 e. The van der Waals surface area contributed by atoms with Crippen LogP contribution in [0.15, 0.2) is 43.1 Å². The molecule has 8 heteroatoms. The Balaban J connectivity index is 1.90. The van der Waals surface area contributed by atoms with Crippen LogP contribution >= 0.6 is 0 Å². The summed E-state index contributed by atoms with van der Waals surface area (Å²) in [5, 5.41) is 4.05. The Kier molecular flexibility index (Phi) is 4.84. The predicted octanol–water partition coefficient (Wildman–Crippen LogP) is 3.82. The molecule has 1 heterocycles. The maximum absolute atomic E-state index is 13.8. The first-order valence-corrected chi connectivity index (χ1v) is 8.41. The van der Waals surface area contributed by atoms with E-state index in [9.17, 15) is 22.4 Å². The van der Waals surface area contributed by atoms with E-state index in [2.05, 4.69) is 11.7 Å². The molecule has 1 aliphatic carbocycles. The van der Waals surface area contributed by atoms with E-state index < -0.39 is 23.0 Å². The molecule has 1 aromatic heterocycles. The Labute approximate surface area is 154 Å². The van der Waals surface area contributed by atoms with Gasteiger partial charge in [0.25, 0.3) is 0 Å². The first-order chi connectivity index (χ1) is 12.6. The van der Waals surface area contributed by atoms with Gasteiger partial charge in [-0.15, -0.1) is 0 Å². The minimum absolute atomic E-state index is 0.184. The van der Waals surface area contributed by atoms with Crippen LogP contribution in [0, 0.1) is 5.82 Å². The summed E-state index contributed by atoms with van der Waals surface area (Å²) in [5.74, 6) is -1.27. The van der Waals surface area contributed by atoms with Gasteiger partial charge in [0, 0.05) is 25.2 Å². The van der Waals surface area contributed by atoms with Crippen molar-refractivity contribution in [1.82, 2.24) is 14.7 Å². The minimum atomic E-state index is -4.63. The third-order valence-electron chi connectivity index (χ3n) is 4.95. The van der Waals surface area contributed by atoms with E-state index in [0.29, 0.717) is 18.9 Å². The van der Waals surface area contributed by atoms with E-state index in [4.69, 9.17) is 0 Å². The van der Waals surface area contributed by atoms with Gasteiger partial charge in [0.2, 0.25) is 5.91 Å². The number of carbonyl (C=O) groups excluding carboxylic acids is 1. The number of carbonyl (C=O) groups is 1. The standard InChI is InChI=1S/C19H19F4N3O/c1-3-17(27)26(11-16-4-7-24-25(16)2)12-18(5-6-18)13-8-14(19(21,22)23)10-15(20)9-13/h3-4,7-10H,1,5-6,11-12H2,2H3. The third kappa shape index (κ3) is 4.04. The molecule has 1 amide bonds. The summed E-state index contributed by atoms with van der Waals surface area (Å²) < 4.78 is 54.6. The molecule has 0 radical (unpaired) electrons. The van der Waals surface area contributed by atoms with Crippen molar-refractivity contribution in [2.24, 2.45) is 7.05 Å². The van der Waals surface area contributed by atoms with E-state index in [-0.39, 0.29) is 24.6 Å². The molecule has 144 valence electrons. The third-order valence-corrected chi connectivity index (χ3v) is 4.95. The highest BCUT2D eigenvalue weighted by Gasteiger charge is 2.47. The highest BCUT2D eigenvalue weighted by atomic mass is 19.4. The van der Waals surface area contributed by atoms with E-state index in [1.165, 1.54) is 11.0 Å². The zero-order valence-electron chi connectivity index (χ0n) is 14.8. The topological polar surface area (TPSA) is 38.1 Å². The lowest BCUT2D eigenvalue weighted by Gasteiger charge is -2.27. The Morgan fingerprint density at radius 1 is 1.37 bits per heavy atom. The number of amides is 1. The molecule has 3 rings (SSSR count). The van der Waals surface area contributed by atoms with Gasteiger partial charge in [0.1, 0.15) is 5.82 Å². The van der Waals surface area contributed by atoms with Gasteiger partial charge < -0.3 is 4.90 Å². The summed E-state index contributed by atoms with van der Waals surface area (Å²) >= 11 is 0. The van der Waals surface area contributed by atoms with Crippen LogP contribution in [0.25, 0.3) is 0 Å². The summed E-state index contributed by atoms with van der Waals surface area (Å²) in [6, 6.07) is 4.36. The van der Waals surface area contributed by atoms with Crippen LogP contribution in [-0.2, 0) is 30.0 Å². The number of rotatable bonds is 6. The van der Waals surface area contributed by atoms with Gasteiger partial charge in [-0.25, -0.2) is 4.39 Å². The normalized spacial score (nSPS) is 15.4. The second kappa shape index (κ2) is 6.83. The number of halogens is 4. The number of alkyl halides is 3. The van der Waals surface area contributed by atoms with Crippen molar-refractivity contribution < 1.29 is 22.4 Å². The molecule has 0 atom stereocenters. The zero-order valence-corrected chi connectivity index (χ0v) is 14.8. The Bertz CT molecular complexity index is 868. The highest BCUT2D eigenvalue weighted by molar-refractivity contribution is 5.87. The first-order valence-electron chi connectivity index (χ1n) is 8.41. The van der Waals surface area contributed by atoms with Crippen LogP contribution in [-0.4, -0.2) is 27.1 Å². The summed E-state index contributed by atoms with van der Waals surface area (Å²) in [6.45, 7) is 3.92. The van der Waals surface area contributed by atoms with Gasteiger partial charge in [-0.05, 0) is 48.7 Å². The lowest BCUT2D eigenvalue weighted by atomic mass is 9.93. The molecule has 1 fully saturated rings. The largest absolute Gasteiger partial charge is 0.416 e. The first kappa shape index (κ1) is 19.1. The number of hydrogen-bond acceptors (Lipinski definition) is 2. The van der Waals surface area contributed by atoms with Crippen molar-refractivity contribution in [2.75, 3.05) is 6.54 Å². The van der Waals surface area contributed by atoms with Crippen LogP contribution in [0.1, 0.15) is 29.7 Å². The number of hydrogen-bond donors (Lipinski definition) is 0. The van der Waals surface area contributed by atoms with Gasteiger partial charge in [0.15, 0.2) is 0 Å². The van der Waals surface area contributed by atoms with E-state index in [1.54, 1.807) is 24.0 Å². The Morgan fingerprint density at radius 2 is 2.07 bits per heavy atom. The van der Waals surface area contributed by atoms with Crippen molar-refractivity contribution in [3.8, 4) is 0 Å². The van der Waals surface area contributed by atoms with E-state index >= 15 is 0 Å². The summed E-state index contributed by atoms with van der Waals surface area (Å²) in [4.78, 5) is 13.8. The Hall–Kier alpha value is -2.64. The van der Waals surface area contributed by atoms with Crippen LogP contribution in [0.2, 0.25) is 0 Å². The SMILES string of the molecule is C=CC(=O)N(Cc1ccnn1C)CC1(c2cc(F)cc(C(F)(F)F)c2)CC1. The summed E-state index contributed by atoms with van der Waals surface area (Å²) in [7, 11) is 1.74. The molecule has 0 saturated heterocycles. The lowest BCUT2D eigenvalue weighted by molar-refractivity contribution is -0.138. The molecule has 0 spiro atoms. The van der Waals surface area contributed by atoms with Crippen LogP contribution in [0.4, 0.5) is 17.6 Å². The highest BCUT2D eigenvalue weighted by Crippen LogP contribution is 2.50. The van der Waals surface area contributed by atoms with Crippen LogP contribution in [0.5, 0.6) is 0 Å². The average molecular weight is 381 g/mol. The quantitative estimate of drug-likeness (QED) is 0.564. The average Bonchev–Trinajstić information content (AvgIpc) is 3.28. The maximum Gasteiger partial charge on any atom is 0.416 e. The Morgan fingerprint density at radius 3 is 2.59 bits per heavy atom. The van der Waals surface area contributed by atoms with Crippen molar-refractivity contribution in [2.45, 2.75) is 31.0 Å². The van der Waals surface area contributed by atoms with Crippen LogP contribution in [0.3, 0.4) is 0 Å². The monoisotopic (exact) mass is 381 g/mol. The second-order valence-electron chi connectivity index (χ2n) is 6.85. The summed E-state index contributed by atoms with van der Waals surface area (Å²) in [6.07, 6.45) is -0.696.